The molecule has 6 heteroatoms. The molecule has 1 rings (SSSR count). The van der Waals surface area contributed by atoms with Crippen LogP contribution in [0.4, 0.5) is 10.6 Å². The second-order valence-electron chi connectivity index (χ2n) is 3.31. The van der Waals surface area contributed by atoms with Gasteiger partial charge in [0.05, 0.1) is 6.54 Å². The number of anilines is 1. The Bertz CT molecular complexity index is 355. The zero-order valence-electron chi connectivity index (χ0n) is 9.30. The van der Waals surface area contributed by atoms with Crippen LogP contribution >= 0.6 is 0 Å². The Hall–Kier alpha value is -1.98. The number of rotatable bonds is 5. The molecule has 88 valence electrons. The van der Waals surface area contributed by atoms with Gasteiger partial charge in [-0.2, -0.15) is 4.98 Å². The standard InChI is InChI=1S/C10H15N3O3/c1-13(2)8-4-3-5-9(12-8)16-7-6-11-10(14)15/h3-5,11H,6-7H2,1-2H3,(H,14,15). The summed E-state index contributed by atoms with van der Waals surface area (Å²) in [6.07, 6.45) is -1.06. The summed E-state index contributed by atoms with van der Waals surface area (Å²) in [7, 11) is 3.77. The summed E-state index contributed by atoms with van der Waals surface area (Å²) in [5.41, 5.74) is 0. The Morgan fingerprint density at radius 2 is 2.31 bits per heavy atom. The number of nitrogens with zero attached hydrogens (tertiary/aromatic N) is 2. The van der Waals surface area contributed by atoms with Crippen molar-refractivity contribution in [2.24, 2.45) is 0 Å². The molecule has 1 aromatic heterocycles. The van der Waals surface area contributed by atoms with E-state index in [9.17, 15) is 4.79 Å². The van der Waals surface area contributed by atoms with Crippen LogP contribution in [-0.2, 0) is 0 Å². The molecule has 0 unspecified atom stereocenters. The van der Waals surface area contributed by atoms with Crippen molar-refractivity contribution in [2.45, 2.75) is 0 Å². The third-order valence-corrected chi connectivity index (χ3v) is 1.80. The predicted molar refractivity (Wildman–Crippen MR) is 60.1 cm³/mol. The van der Waals surface area contributed by atoms with Crippen molar-refractivity contribution < 1.29 is 14.6 Å². The van der Waals surface area contributed by atoms with E-state index in [2.05, 4.69) is 10.3 Å². The maximum absolute atomic E-state index is 10.2. The van der Waals surface area contributed by atoms with Crippen LogP contribution in [0.15, 0.2) is 18.2 Å². The molecule has 2 N–H and O–H groups in total. The number of hydrogen-bond donors (Lipinski definition) is 2. The van der Waals surface area contributed by atoms with Crippen LogP contribution in [-0.4, -0.2) is 43.4 Å². The lowest BCUT2D eigenvalue weighted by molar-refractivity contribution is 0.190. The Labute approximate surface area is 93.9 Å². The minimum atomic E-state index is -1.06. The van der Waals surface area contributed by atoms with E-state index in [1.807, 2.05) is 31.1 Å². The number of pyridine rings is 1. The van der Waals surface area contributed by atoms with Gasteiger partial charge in [-0.05, 0) is 6.07 Å². The summed E-state index contributed by atoms with van der Waals surface area (Å²) in [6.45, 7) is 0.499. The van der Waals surface area contributed by atoms with Crippen molar-refractivity contribution in [1.82, 2.24) is 10.3 Å². The number of hydrogen-bond acceptors (Lipinski definition) is 4. The van der Waals surface area contributed by atoms with Crippen LogP contribution in [0.5, 0.6) is 5.88 Å². The fraction of sp³-hybridized carbons (Fsp3) is 0.400. The van der Waals surface area contributed by atoms with Gasteiger partial charge >= 0.3 is 6.09 Å². The molecular formula is C10H15N3O3. The van der Waals surface area contributed by atoms with E-state index < -0.39 is 6.09 Å². The molecule has 1 aromatic rings. The number of amides is 1. The largest absolute Gasteiger partial charge is 0.476 e. The van der Waals surface area contributed by atoms with Crippen LogP contribution in [0.3, 0.4) is 0 Å². The summed E-state index contributed by atoms with van der Waals surface area (Å²) < 4.78 is 5.28. The summed E-state index contributed by atoms with van der Waals surface area (Å²) in [5, 5.41) is 10.5. The van der Waals surface area contributed by atoms with Gasteiger partial charge in [0.15, 0.2) is 0 Å². The van der Waals surface area contributed by atoms with Crippen LogP contribution in [0.2, 0.25) is 0 Å². The Balaban J connectivity index is 2.42. The van der Waals surface area contributed by atoms with Gasteiger partial charge in [0.25, 0.3) is 0 Å². The van der Waals surface area contributed by atoms with Crippen LogP contribution in [0, 0.1) is 0 Å². The SMILES string of the molecule is CN(C)c1cccc(OCCNC(=O)O)n1. The molecule has 0 aliphatic carbocycles. The highest BCUT2D eigenvalue weighted by molar-refractivity contribution is 5.64. The first-order chi connectivity index (χ1) is 7.59. The maximum atomic E-state index is 10.2. The van der Waals surface area contributed by atoms with Crippen molar-refractivity contribution >= 4 is 11.9 Å². The van der Waals surface area contributed by atoms with Gasteiger partial charge in [-0.3, -0.25) is 0 Å². The highest BCUT2D eigenvalue weighted by Gasteiger charge is 2.00. The second kappa shape index (κ2) is 5.79. The minimum Gasteiger partial charge on any atom is -0.476 e. The Morgan fingerprint density at radius 3 is 2.94 bits per heavy atom. The van der Waals surface area contributed by atoms with E-state index in [1.165, 1.54) is 0 Å². The van der Waals surface area contributed by atoms with Crippen molar-refractivity contribution in [2.75, 3.05) is 32.1 Å². The van der Waals surface area contributed by atoms with Crippen molar-refractivity contribution in [3.63, 3.8) is 0 Å². The lowest BCUT2D eigenvalue weighted by Crippen LogP contribution is -2.26. The predicted octanol–water partition coefficient (Wildman–Crippen LogP) is 0.794. The Kier molecular flexibility index (Phi) is 4.38. The molecule has 0 aliphatic heterocycles. The number of aromatic nitrogens is 1. The third-order valence-electron chi connectivity index (χ3n) is 1.80. The highest BCUT2D eigenvalue weighted by atomic mass is 16.5. The molecule has 0 atom stereocenters. The first-order valence-electron chi connectivity index (χ1n) is 4.83. The smallest absolute Gasteiger partial charge is 0.404 e. The lowest BCUT2D eigenvalue weighted by Gasteiger charge is -2.12. The second-order valence-corrected chi connectivity index (χ2v) is 3.31. The van der Waals surface area contributed by atoms with E-state index in [4.69, 9.17) is 9.84 Å². The van der Waals surface area contributed by atoms with E-state index in [-0.39, 0.29) is 13.2 Å². The van der Waals surface area contributed by atoms with Crippen LogP contribution in [0.1, 0.15) is 0 Å². The summed E-state index contributed by atoms with van der Waals surface area (Å²) >= 11 is 0. The fourth-order valence-electron chi connectivity index (χ4n) is 1.05. The van der Waals surface area contributed by atoms with Gasteiger partial charge in [-0.15, -0.1) is 0 Å². The van der Waals surface area contributed by atoms with Crippen LogP contribution in [0.25, 0.3) is 0 Å². The first kappa shape index (κ1) is 12.1. The average Bonchev–Trinajstić information content (AvgIpc) is 2.24. The molecule has 1 heterocycles. The average molecular weight is 225 g/mol. The molecule has 0 radical (unpaired) electrons. The Morgan fingerprint density at radius 1 is 1.56 bits per heavy atom. The minimum absolute atomic E-state index is 0.239. The molecule has 1 amide bonds. The van der Waals surface area contributed by atoms with Crippen molar-refractivity contribution in [3.8, 4) is 5.88 Å². The van der Waals surface area contributed by atoms with E-state index in [0.717, 1.165) is 5.82 Å². The van der Waals surface area contributed by atoms with Gasteiger partial charge in [-0.1, -0.05) is 6.07 Å². The van der Waals surface area contributed by atoms with Crippen molar-refractivity contribution in [1.29, 1.82) is 0 Å². The molecule has 6 nitrogen and oxygen atoms in total. The lowest BCUT2D eigenvalue weighted by atomic mass is 10.4. The quantitative estimate of drug-likeness (QED) is 0.725. The van der Waals surface area contributed by atoms with Gasteiger partial charge in [0.2, 0.25) is 5.88 Å². The molecule has 0 aromatic carbocycles. The van der Waals surface area contributed by atoms with Crippen LogP contribution < -0.4 is 15.0 Å². The van der Waals surface area contributed by atoms with Gasteiger partial charge in [0.1, 0.15) is 12.4 Å². The molecule has 0 bridgehead atoms. The fourth-order valence-corrected chi connectivity index (χ4v) is 1.05. The molecule has 0 spiro atoms. The maximum Gasteiger partial charge on any atom is 0.404 e. The topological polar surface area (TPSA) is 74.7 Å². The third kappa shape index (κ3) is 4.04. The summed E-state index contributed by atoms with van der Waals surface area (Å²) in [5.74, 6) is 1.28. The number of nitrogens with one attached hydrogen (secondary N) is 1. The molecule has 0 fully saturated rings. The van der Waals surface area contributed by atoms with E-state index in [1.54, 1.807) is 6.07 Å². The monoisotopic (exact) mass is 225 g/mol. The molecule has 0 saturated carbocycles. The van der Waals surface area contributed by atoms with E-state index >= 15 is 0 Å². The molecule has 0 saturated heterocycles. The van der Waals surface area contributed by atoms with Gasteiger partial charge in [-0.25, -0.2) is 4.79 Å². The zero-order valence-corrected chi connectivity index (χ0v) is 9.30. The molecular weight excluding hydrogens is 210 g/mol. The molecule has 16 heavy (non-hydrogen) atoms. The molecule has 0 aliphatic rings. The number of carbonyl (C=O) groups is 1. The number of ether oxygens (including phenoxy) is 1. The highest BCUT2D eigenvalue weighted by Crippen LogP contribution is 2.12. The van der Waals surface area contributed by atoms with Crippen molar-refractivity contribution in [3.05, 3.63) is 18.2 Å². The summed E-state index contributed by atoms with van der Waals surface area (Å²) in [4.78, 5) is 16.2. The normalized spacial score (nSPS) is 9.62. The first-order valence-corrected chi connectivity index (χ1v) is 4.83. The number of carboxylic acid groups (broad SMARTS) is 1. The van der Waals surface area contributed by atoms with Gasteiger partial charge < -0.3 is 20.1 Å². The van der Waals surface area contributed by atoms with Gasteiger partial charge in [0, 0.05) is 20.2 Å². The zero-order chi connectivity index (χ0) is 12.0. The van der Waals surface area contributed by atoms with E-state index in [0.29, 0.717) is 5.88 Å². The summed E-state index contributed by atoms with van der Waals surface area (Å²) in [6, 6.07) is 5.43.